The molecule has 9 heteroatoms. The number of nitrogens with zero attached hydrogens (tertiary/aromatic N) is 1. The highest BCUT2D eigenvalue weighted by atomic mass is 35.5. The molecule has 0 spiro atoms. The molecule has 1 N–H and O–H groups in total. The summed E-state index contributed by atoms with van der Waals surface area (Å²) in [7, 11) is -2.06. The van der Waals surface area contributed by atoms with Crippen LogP contribution in [0.15, 0.2) is 42.5 Å². The number of hydrogen-bond acceptors (Lipinski definition) is 4. The SMILES string of the molecule is COc1ccc(NC(=O)CCCN(c2ccc(F)cc2)S(C)(=O)=O)cc1Cl. The lowest BCUT2D eigenvalue weighted by Gasteiger charge is -2.22. The van der Waals surface area contributed by atoms with Gasteiger partial charge in [-0.2, -0.15) is 0 Å². The molecule has 0 saturated heterocycles. The molecule has 0 fully saturated rings. The highest BCUT2D eigenvalue weighted by Crippen LogP contribution is 2.27. The summed E-state index contributed by atoms with van der Waals surface area (Å²) >= 11 is 6.01. The Labute approximate surface area is 162 Å². The Morgan fingerprint density at radius 2 is 1.89 bits per heavy atom. The number of carbonyl (C=O) groups is 1. The van der Waals surface area contributed by atoms with Crippen molar-refractivity contribution in [2.75, 3.05) is 29.5 Å². The zero-order valence-corrected chi connectivity index (χ0v) is 16.5. The highest BCUT2D eigenvalue weighted by molar-refractivity contribution is 7.92. The van der Waals surface area contributed by atoms with Crippen molar-refractivity contribution in [1.82, 2.24) is 0 Å². The molecule has 0 aliphatic carbocycles. The Morgan fingerprint density at radius 3 is 2.44 bits per heavy atom. The van der Waals surface area contributed by atoms with E-state index in [1.807, 2.05) is 0 Å². The van der Waals surface area contributed by atoms with Gasteiger partial charge in [-0.25, -0.2) is 12.8 Å². The second kappa shape index (κ2) is 9.05. The number of nitrogens with one attached hydrogen (secondary N) is 1. The first-order chi connectivity index (χ1) is 12.7. The third-order valence-electron chi connectivity index (χ3n) is 3.72. The van der Waals surface area contributed by atoms with Crippen LogP contribution in [0.1, 0.15) is 12.8 Å². The lowest BCUT2D eigenvalue weighted by Crippen LogP contribution is -2.31. The number of methoxy groups -OCH3 is 1. The van der Waals surface area contributed by atoms with E-state index in [1.165, 1.54) is 31.4 Å². The lowest BCUT2D eigenvalue weighted by molar-refractivity contribution is -0.116. The molecule has 0 radical (unpaired) electrons. The number of carbonyl (C=O) groups excluding carboxylic acids is 1. The summed E-state index contributed by atoms with van der Waals surface area (Å²) < 4.78 is 43.2. The molecule has 27 heavy (non-hydrogen) atoms. The number of halogens is 2. The van der Waals surface area contributed by atoms with E-state index in [-0.39, 0.29) is 18.9 Å². The van der Waals surface area contributed by atoms with E-state index in [0.717, 1.165) is 10.6 Å². The summed E-state index contributed by atoms with van der Waals surface area (Å²) in [6, 6.07) is 10.0. The fraction of sp³-hybridized carbons (Fsp3) is 0.278. The molecule has 0 aromatic heterocycles. The van der Waals surface area contributed by atoms with E-state index in [0.29, 0.717) is 28.6 Å². The van der Waals surface area contributed by atoms with E-state index in [1.54, 1.807) is 18.2 Å². The number of sulfonamides is 1. The van der Waals surface area contributed by atoms with Crippen LogP contribution in [0.25, 0.3) is 0 Å². The predicted octanol–water partition coefficient (Wildman–Crippen LogP) is 3.67. The summed E-state index contributed by atoms with van der Waals surface area (Å²) in [6.45, 7) is 0.0985. The zero-order valence-electron chi connectivity index (χ0n) is 14.9. The Bertz CT molecular complexity index is 904. The molecule has 2 aromatic rings. The molecule has 0 aliphatic rings. The largest absolute Gasteiger partial charge is 0.495 e. The first-order valence-electron chi connectivity index (χ1n) is 8.07. The summed E-state index contributed by atoms with van der Waals surface area (Å²) in [4.78, 5) is 12.1. The van der Waals surface area contributed by atoms with Crippen LogP contribution < -0.4 is 14.4 Å². The van der Waals surface area contributed by atoms with E-state index in [4.69, 9.17) is 16.3 Å². The Hall–Kier alpha value is -2.32. The van der Waals surface area contributed by atoms with Gasteiger partial charge in [-0.3, -0.25) is 9.10 Å². The molecular weight excluding hydrogens is 395 g/mol. The fourth-order valence-electron chi connectivity index (χ4n) is 2.44. The first-order valence-corrected chi connectivity index (χ1v) is 10.3. The Morgan fingerprint density at radius 1 is 1.22 bits per heavy atom. The van der Waals surface area contributed by atoms with Gasteiger partial charge in [-0.1, -0.05) is 11.6 Å². The molecule has 0 saturated carbocycles. The molecule has 0 atom stereocenters. The van der Waals surface area contributed by atoms with Crippen molar-refractivity contribution in [3.63, 3.8) is 0 Å². The summed E-state index contributed by atoms with van der Waals surface area (Å²) in [5.41, 5.74) is 0.866. The van der Waals surface area contributed by atoms with Gasteiger partial charge in [0, 0.05) is 18.7 Å². The van der Waals surface area contributed by atoms with E-state index in [9.17, 15) is 17.6 Å². The Balaban J connectivity index is 1.95. The van der Waals surface area contributed by atoms with Crippen molar-refractivity contribution < 1.29 is 22.3 Å². The van der Waals surface area contributed by atoms with Crippen molar-refractivity contribution in [3.8, 4) is 5.75 Å². The van der Waals surface area contributed by atoms with Crippen LogP contribution in [0, 0.1) is 5.82 Å². The number of benzene rings is 2. The molecule has 0 aliphatic heterocycles. The second-order valence-electron chi connectivity index (χ2n) is 5.81. The minimum Gasteiger partial charge on any atom is -0.495 e. The van der Waals surface area contributed by atoms with Gasteiger partial charge >= 0.3 is 0 Å². The quantitative estimate of drug-likeness (QED) is 0.715. The maximum Gasteiger partial charge on any atom is 0.232 e. The van der Waals surface area contributed by atoms with Crippen molar-refractivity contribution >= 4 is 38.9 Å². The van der Waals surface area contributed by atoms with Crippen LogP contribution in [-0.2, 0) is 14.8 Å². The number of rotatable bonds is 8. The number of amides is 1. The minimum atomic E-state index is -3.55. The molecule has 0 unspecified atom stereocenters. The van der Waals surface area contributed by atoms with Crippen LogP contribution in [0.4, 0.5) is 15.8 Å². The van der Waals surface area contributed by atoms with Gasteiger partial charge in [-0.05, 0) is 48.9 Å². The molecular formula is C18H20ClFN2O4S. The molecule has 146 valence electrons. The van der Waals surface area contributed by atoms with Gasteiger partial charge < -0.3 is 10.1 Å². The molecule has 0 heterocycles. The number of hydrogen-bond donors (Lipinski definition) is 1. The van der Waals surface area contributed by atoms with Crippen LogP contribution in [0.5, 0.6) is 5.75 Å². The number of anilines is 2. The molecule has 6 nitrogen and oxygen atoms in total. The lowest BCUT2D eigenvalue weighted by atomic mass is 10.2. The zero-order chi connectivity index (χ0) is 20.0. The maximum absolute atomic E-state index is 13.0. The fourth-order valence-corrected chi connectivity index (χ4v) is 3.67. The summed E-state index contributed by atoms with van der Waals surface area (Å²) in [5, 5.41) is 3.07. The first kappa shape index (κ1) is 21.0. The van der Waals surface area contributed by atoms with Crippen LogP contribution in [-0.4, -0.2) is 34.2 Å². The molecule has 2 rings (SSSR count). The van der Waals surface area contributed by atoms with Crippen molar-refractivity contribution in [2.45, 2.75) is 12.8 Å². The van der Waals surface area contributed by atoms with Gasteiger partial charge in [0.05, 0.1) is 24.1 Å². The van der Waals surface area contributed by atoms with Gasteiger partial charge in [0.25, 0.3) is 0 Å². The molecule has 1 amide bonds. The average Bonchev–Trinajstić information content (AvgIpc) is 2.59. The van der Waals surface area contributed by atoms with Gasteiger partial charge in [0.1, 0.15) is 11.6 Å². The van der Waals surface area contributed by atoms with E-state index >= 15 is 0 Å². The molecule has 2 aromatic carbocycles. The topological polar surface area (TPSA) is 75.7 Å². The minimum absolute atomic E-state index is 0.0985. The third-order valence-corrected chi connectivity index (χ3v) is 5.20. The van der Waals surface area contributed by atoms with Crippen molar-refractivity contribution in [2.24, 2.45) is 0 Å². The van der Waals surface area contributed by atoms with Crippen molar-refractivity contribution in [1.29, 1.82) is 0 Å². The normalized spacial score (nSPS) is 11.1. The average molecular weight is 415 g/mol. The molecule has 0 bridgehead atoms. The van der Waals surface area contributed by atoms with Crippen LogP contribution in [0.2, 0.25) is 5.02 Å². The van der Waals surface area contributed by atoms with Crippen LogP contribution in [0.3, 0.4) is 0 Å². The monoisotopic (exact) mass is 414 g/mol. The van der Waals surface area contributed by atoms with Gasteiger partial charge in [-0.15, -0.1) is 0 Å². The highest BCUT2D eigenvalue weighted by Gasteiger charge is 2.17. The number of ether oxygens (including phenoxy) is 1. The van der Waals surface area contributed by atoms with Crippen molar-refractivity contribution in [3.05, 3.63) is 53.3 Å². The van der Waals surface area contributed by atoms with Gasteiger partial charge in [0.2, 0.25) is 15.9 Å². The standard InChI is InChI=1S/C18H20ClFN2O4S/c1-26-17-10-7-14(12-16(17)19)21-18(23)4-3-11-22(27(2,24)25)15-8-5-13(20)6-9-15/h5-10,12H,3-4,11H2,1-2H3,(H,21,23). The summed E-state index contributed by atoms with van der Waals surface area (Å²) in [5.74, 6) is -0.230. The smallest absolute Gasteiger partial charge is 0.232 e. The van der Waals surface area contributed by atoms with Gasteiger partial charge in [0.15, 0.2) is 0 Å². The van der Waals surface area contributed by atoms with E-state index in [2.05, 4.69) is 5.32 Å². The van der Waals surface area contributed by atoms with E-state index < -0.39 is 15.8 Å². The second-order valence-corrected chi connectivity index (χ2v) is 8.13. The maximum atomic E-state index is 13.0. The van der Waals surface area contributed by atoms with Crippen LogP contribution >= 0.6 is 11.6 Å². The third kappa shape index (κ3) is 6.11. The summed E-state index contributed by atoms with van der Waals surface area (Å²) in [6.07, 6.45) is 1.47. The Kier molecular flexibility index (Phi) is 7.04. The predicted molar refractivity (Wildman–Crippen MR) is 104 cm³/mol.